The van der Waals surface area contributed by atoms with Crippen LogP contribution in [0.2, 0.25) is 0 Å². The summed E-state index contributed by atoms with van der Waals surface area (Å²) in [6.07, 6.45) is 7.41. The van der Waals surface area contributed by atoms with E-state index in [-0.39, 0.29) is 0 Å². The predicted molar refractivity (Wildman–Crippen MR) is 99.1 cm³/mol. The third kappa shape index (κ3) is 3.09. The summed E-state index contributed by atoms with van der Waals surface area (Å²) >= 11 is 0. The van der Waals surface area contributed by atoms with Crippen molar-refractivity contribution in [3.8, 4) is 0 Å². The van der Waals surface area contributed by atoms with Crippen LogP contribution in [0.1, 0.15) is 55.4 Å². The van der Waals surface area contributed by atoms with Crippen LogP contribution in [0.5, 0.6) is 0 Å². The van der Waals surface area contributed by atoms with E-state index in [0.29, 0.717) is 12.0 Å². The SMILES string of the molecule is CN(Cc1nnc2n1CCCCC2)C1CN(c2ccc(C3CC3)nn2)C1. The fourth-order valence-corrected chi connectivity index (χ4v) is 4.04. The molecule has 0 N–H and O–H groups in total. The highest BCUT2D eigenvalue weighted by Gasteiger charge is 2.32. The fraction of sp³-hybridized carbons (Fsp3) is 0.684. The molecule has 1 aliphatic carbocycles. The highest BCUT2D eigenvalue weighted by Crippen LogP contribution is 2.38. The molecule has 1 saturated heterocycles. The first-order valence-electron chi connectivity index (χ1n) is 9.98. The molecule has 2 aromatic rings. The summed E-state index contributed by atoms with van der Waals surface area (Å²) in [5, 5.41) is 17.7. The lowest BCUT2D eigenvalue weighted by molar-refractivity contribution is 0.189. The third-order valence-electron chi connectivity index (χ3n) is 6.05. The van der Waals surface area contributed by atoms with E-state index in [2.05, 4.69) is 53.9 Å². The summed E-state index contributed by atoms with van der Waals surface area (Å²) in [6.45, 7) is 3.97. The van der Waals surface area contributed by atoms with Gasteiger partial charge in [-0.2, -0.15) is 5.10 Å². The van der Waals surface area contributed by atoms with Crippen molar-refractivity contribution < 1.29 is 0 Å². The Kier molecular flexibility index (Phi) is 4.11. The molecule has 4 heterocycles. The number of fused-ring (bicyclic) bond motifs is 1. The minimum atomic E-state index is 0.540. The predicted octanol–water partition coefficient (Wildman–Crippen LogP) is 1.99. The van der Waals surface area contributed by atoms with E-state index in [0.717, 1.165) is 49.9 Å². The fourth-order valence-electron chi connectivity index (χ4n) is 4.04. The number of aryl methyl sites for hydroxylation is 1. The third-order valence-corrected chi connectivity index (χ3v) is 6.05. The van der Waals surface area contributed by atoms with E-state index in [1.807, 2.05) is 0 Å². The van der Waals surface area contributed by atoms with Gasteiger partial charge < -0.3 is 9.47 Å². The molecule has 1 saturated carbocycles. The first-order chi connectivity index (χ1) is 12.8. The van der Waals surface area contributed by atoms with Gasteiger partial charge in [0.1, 0.15) is 11.6 Å². The molecule has 0 unspecified atom stereocenters. The summed E-state index contributed by atoms with van der Waals surface area (Å²) in [6, 6.07) is 4.83. The second-order valence-corrected chi connectivity index (χ2v) is 8.06. The molecular formula is C19H27N7. The average Bonchev–Trinajstić information content (AvgIpc) is 3.42. The zero-order valence-electron chi connectivity index (χ0n) is 15.5. The molecule has 7 nitrogen and oxygen atoms in total. The Bertz CT molecular complexity index is 759. The van der Waals surface area contributed by atoms with E-state index in [1.165, 1.54) is 37.9 Å². The lowest BCUT2D eigenvalue weighted by atomic mass is 10.1. The van der Waals surface area contributed by atoms with Crippen molar-refractivity contribution in [3.63, 3.8) is 0 Å². The summed E-state index contributed by atoms with van der Waals surface area (Å²) in [5.74, 6) is 3.98. The molecule has 7 heteroatoms. The highest BCUT2D eigenvalue weighted by molar-refractivity contribution is 5.42. The number of hydrogen-bond acceptors (Lipinski definition) is 6. The lowest BCUT2D eigenvalue weighted by Crippen LogP contribution is -2.58. The highest BCUT2D eigenvalue weighted by atomic mass is 15.4. The van der Waals surface area contributed by atoms with E-state index < -0.39 is 0 Å². The van der Waals surface area contributed by atoms with Gasteiger partial charge in [-0.3, -0.25) is 4.90 Å². The quantitative estimate of drug-likeness (QED) is 0.819. The van der Waals surface area contributed by atoms with Crippen molar-refractivity contribution in [2.45, 2.75) is 63.6 Å². The van der Waals surface area contributed by atoms with Gasteiger partial charge in [0.25, 0.3) is 0 Å². The zero-order valence-corrected chi connectivity index (χ0v) is 15.5. The topological polar surface area (TPSA) is 63.0 Å². The molecule has 0 bridgehead atoms. The van der Waals surface area contributed by atoms with Crippen LogP contribution >= 0.6 is 0 Å². The number of rotatable bonds is 5. The lowest BCUT2D eigenvalue weighted by Gasteiger charge is -2.44. The van der Waals surface area contributed by atoms with Gasteiger partial charge in [0.2, 0.25) is 0 Å². The van der Waals surface area contributed by atoms with Crippen LogP contribution in [0.15, 0.2) is 12.1 Å². The van der Waals surface area contributed by atoms with Crippen molar-refractivity contribution in [2.75, 3.05) is 25.0 Å². The number of aromatic nitrogens is 5. The van der Waals surface area contributed by atoms with Crippen molar-refractivity contribution >= 4 is 5.82 Å². The Hall–Kier alpha value is -2.02. The first-order valence-corrected chi connectivity index (χ1v) is 9.98. The van der Waals surface area contributed by atoms with Crippen LogP contribution in [-0.4, -0.2) is 56.0 Å². The van der Waals surface area contributed by atoms with Gasteiger partial charge in [-0.1, -0.05) is 6.42 Å². The molecular weight excluding hydrogens is 326 g/mol. The maximum absolute atomic E-state index is 4.46. The summed E-state index contributed by atoms with van der Waals surface area (Å²) in [5.41, 5.74) is 1.16. The van der Waals surface area contributed by atoms with Crippen LogP contribution in [-0.2, 0) is 19.5 Å². The molecule has 2 fully saturated rings. The van der Waals surface area contributed by atoms with Crippen molar-refractivity contribution in [1.29, 1.82) is 0 Å². The summed E-state index contributed by atoms with van der Waals surface area (Å²) < 4.78 is 2.35. The Labute approximate surface area is 154 Å². The van der Waals surface area contributed by atoms with Crippen LogP contribution in [0.4, 0.5) is 5.82 Å². The molecule has 2 aliphatic heterocycles. The molecule has 138 valence electrons. The second kappa shape index (κ2) is 6.61. The first kappa shape index (κ1) is 16.2. The number of hydrogen-bond donors (Lipinski definition) is 0. The van der Waals surface area contributed by atoms with Gasteiger partial charge in [-0.15, -0.1) is 15.3 Å². The smallest absolute Gasteiger partial charge is 0.151 e. The van der Waals surface area contributed by atoms with Crippen LogP contribution in [0.3, 0.4) is 0 Å². The number of nitrogens with zero attached hydrogens (tertiary/aromatic N) is 7. The number of anilines is 1. The van der Waals surface area contributed by atoms with Crippen molar-refractivity contribution in [2.24, 2.45) is 0 Å². The van der Waals surface area contributed by atoms with Crippen LogP contribution < -0.4 is 4.90 Å². The standard InChI is InChI=1S/C19H27N7/c1-24(13-19-23-22-18-5-3-2-4-10-26(18)19)15-11-25(12-15)17-9-8-16(20-21-17)14-6-7-14/h8-9,14-15H,2-7,10-13H2,1H3. The molecule has 26 heavy (non-hydrogen) atoms. The number of likely N-dealkylation sites (N-methyl/N-ethyl adjacent to an activating group) is 1. The van der Waals surface area contributed by atoms with Gasteiger partial charge >= 0.3 is 0 Å². The van der Waals surface area contributed by atoms with E-state index >= 15 is 0 Å². The van der Waals surface area contributed by atoms with E-state index in [9.17, 15) is 0 Å². The largest absolute Gasteiger partial charge is 0.352 e. The molecule has 0 spiro atoms. The molecule has 0 amide bonds. The van der Waals surface area contributed by atoms with E-state index in [4.69, 9.17) is 0 Å². The maximum atomic E-state index is 4.46. The minimum absolute atomic E-state index is 0.540. The van der Waals surface area contributed by atoms with Crippen molar-refractivity contribution in [3.05, 3.63) is 29.5 Å². The second-order valence-electron chi connectivity index (χ2n) is 8.06. The van der Waals surface area contributed by atoms with Crippen molar-refractivity contribution in [1.82, 2.24) is 29.9 Å². The Morgan fingerprint density at radius 3 is 2.69 bits per heavy atom. The van der Waals surface area contributed by atoms with Gasteiger partial charge in [-0.25, -0.2) is 0 Å². The van der Waals surface area contributed by atoms with Gasteiger partial charge in [0, 0.05) is 38.0 Å². The molecule has 0 radical (unpaired) electrons. The van der Waals surface area contributed by atoms with Gasteiger partial charge in [0.05, 0.1) is 12.2 Å². The minimum Gasteiger partial charge on any atom is -0.352 e. The summed E-state index contributed by atoms with van der Waals surface area (Å²) in [4.78, 5) is 4.72. The summed E-state index contributed by atoms with van der Waals surface area (Å²) in [7, 11) is 2.20. The normalized spacial score (nSPS) is 20.8. The molecule has 0 atom stereocenters. The Morgan fingerprint density at radius 2 is 1.92 bits per heavy atom. The van der Waals surface area contributed by atoms with Crippen LogP contribution in [0.25, 0.3) is 0 Å². The Balaban J connectivity index is 1.18. The van der Waals surface area contributed by atoms with E-state index in [1.54, 1.807) is 0 Å². The average molecular weight is 353 g/mol. The Morgan fingerprint density at radius 1 is 1.04 bits per heavy atom. The monoisotopic (exact) mass is 353 g/mol. The molecule has 5 rings (SSSR count). The van der Waals surface area contributed by atoms with Gasteiger partial charge in [0.15, 0.2) is 5.82 Å². The molecule has 0 aromatic carbocycles. The van der Waals surface area contributed by atoms with Gasteiger partial charge in [-0.05, 0) is 44.9 Å². The van der Waals surface area contributed by atoms with Crippen LogP contribution in [0, 0.1) is 0 Å². The molecule has 3 aliphatic rings. The zero-order chi connectivity index (χ0) is 17.5. The molecule has 2 aromatic heterocycles. The maximum Gasteiger partial charge on any atom is 0.151 e.